The second-order valence-electron chi connectivity index (χ2n) is 5.72. The van der Waals surface area contributed by atoms with Crippen molar-refractivity contribution in [3.8, 4) is 17.0 Å². The molecule has 3 aromatic carbocycles. The summed E-state index contributed by atoms with van der Waals surface area (Å²) in [6, 6.07) is 24.6. The first kappa shape index (κ1) is 14.5. The normalized spacial score (nSPS) is 10.9. The summed E-state index contributed by atoms with van der Waals surface area (Å²) < 4.78 is 9.55. The molecule has 0 aliphatic heterocycles. The number of rotatable bonds is 4. The summed E-state index contributed by atoms with van der Waals surface area (Å²) in [6.07, 6.45) is 2.00. The third-order valence-corrected chi connectivity index (χ3v) is 4.02. The Labute approximate surface area is 140 Å². The summed E-state index contributed by atoms with van der Waals surface area (Å²) in [5, 5.41) is 6.85. The fourth-order valence-electron chi connectivity index (χ4n) is 2.80. The van der Waals surface area contributed by atoms with Crippen LogP contribution in [-0.4, -0.2) is 9.90 Å². The summed E-state index contributed by atoms with van der Waals surface area (Å²) in [6.45, 7) is 0.374. The van der Waals surface area contributed by atoms with Crippen LogP contribution >= 0.6 is 0 Å². The lowest BCUT2D eigenvalue weighted by Gasteiger charge is -2.04. The first-order chi connectivity index (χ1) is 11.8. The van der Waals surface area contributed by atoms with E-state index in [4.69, 9.17) is 4.74 Å². The number of benzene rings is 3. The van der Waals surface area contributed by atoms with Gasteiger partial charge in [-0.05, 0) is 22.9 Å². The molecular weight excluding hydrogens is 298 g/mol. The summed E-state index contributed by atoms with van der Waals surface area (Å²) in [5.74, 6) is 0.841. The molecule has 0 amide bonds. The van der Waals surface area contributed by atoms with Crippen molar-refractivity contribution >= 4 is 10.8 Å². The molecule has 4 heteroatoms. The highest BCUT2D eigenvalue weighted by molar-refractivity contribution is 5.83. The Morgan fingerprint density at radius 1 is 0.917 bits per heavy atom. The molecule has 0 radical (unpaired) electrons. The first-order valence-corrected chi connectivity index (χ1v) is 7.90. The quantitative estimate of drug-likeness (QED) is 0.539. The van der Waals surface area contributed by atoms with E-state index in [-0.39, 0.29) is 0 Å². The molecule has 4 nitrogen and oxygen atoms in total. The van der Waals surface area contributed by atoms with Gasteiger partial charge in [-0.15, -0.1) is 9.36 Å². The van der Waals surface area contributed by atoms with E-state index in [9.17, 15) is 0 Å². The maximum atomic E-state index is 5.89. The molecule has 1 aromatic heterocycles. The van der Waals surface area contributed by atoms with Crippen molar-refractivity contribution in [2.24, 2.45) is 7.05 Å². The molecule has 1 heterocycles. The van der Waals surface area contributed by atoms with Crippen LogP contribution in [0.5, 0.6) is 5.75 Å². The predicted octanol–water partition coefficient (Wildman–Crippen LogP) is 3.56. The molecule has 0 atom stereocenters. The standard InChI is InChI=1S/C20H18N3O/c1-22-20(17-8-3-2-4-9-17)14-23(21-22)15-24-19-12-11-16-7-5-6-10-18(16)13-19/h2-14H,15H2,1H3/q+1. The second-order valence-corrected chi connectivity index (χ2v) is 5.72. The van der Waals surface area contributed by atoms with E-state index in [2.05, 4.69) is 41.6 Å². The lowest BCUT2D eigenvalue weighted by atomic mass is 10.1. The monoisotopic (exact) mass is 316 g/mol. The van der Waals surface area contributed by atoms with Crippen LogP contribution in [0.15, 0.2) is 79.0 Å². The lowest BCUT2D eigenvalue weighted by Crippen LogP contribution is -2.38. The van der Waals surface area contributed by atoms with Gasteiger partial charge >= 0.3 is 0 Å². The Hall–Kier alpha value is -3.14. The van der Waals surface area contributed by atoms with Crippen molar-refractivity contribution in [2.45, 2.75) is 6.73 Å². The van der Waals surface area contributed by atoms with Gasteiger partial charge in [-0.1, -0.05) is 60.7 Å². The van der Waals surface area contributed by atoms with Crippen LogP contribution in [-0.2, 0) is 13.8 Å². The van der Waals surface area contributed by atoms with E-state index >= 15 is 0 Å². The molecule has 0 unspecified atom stereocenters. The maximum absolute atomic E-state index is 5.89. The molecular formula is C20H18N3O+. The number of aromatic nitrogens is 3. The van der Waals surface area contributed by atoms with Gasteiger partial charge in [-0.25, -0.2) is 0 Å². The summed E-state index contributed by atoms with van der Waals surface area (Å²) >= 11 is 0. The highest BCUT2D eigenvalue weighted by Gasteiger charge is 2.14. The molecule has 0 N–H and O–H groups in total. The van der Waals surface area contributed by atoms with Crippen molar-refractivity contribution in [2.75, 3.05) is 0 Å². The molecule has 24 heavy (non-hydrogen) atoms. The predicted molar refractivity (Wildman–Crippen MR) is 93.4 cm³/mol. The zero-order chi connectivity index (χ0) is 16.4. The summed E-state index contributed by atoms with van der Waals surface area (Å²) in [4.78, 5) is 0. The highest BCUT2D eigenvalue weighted by atomic mass is 16.5. The van der Waals surface area contributed by atoms with Crippen LogP contribution in [0.3, 0.4) is 0 Å². The van der Waals surface area contributed by atoms with Crippen molar-refractivity contribution in [3.63, 3.8) is 0 Å². The summed E-state index contributed by atoms with van der Waals surface area (Å²) in [7, 11) is 1.94. The topological polar surface area (TPSA) is 30.9 Å². The molecule has 0 saturated carbocycles. The molecule has 0 aliphatic carbocycles. The first-order valence-electron chi connectivity index (χ1n) is 7.90. The molecule has 0 spiro atoms. The molecule has 0 bridgehead atoms. The van der Waals surface area contributed by atoms with E-state index in [1.807, 2.05) is 54.3 Å². The fourth-order valence-corrected chi connectivity index (χ4v) is 2.80. The van der Waals surface area contributed by atoms with Crippen LogP contribution < -0.4 is 9.42 Å². The number of fused-ring (bicyclic) bond motifs is 1. The maximum Gasteiger partial charge on any atom is 0.253 e. The zero-order valence-corrected chi connectivity index (χ0v) is 13.5. The molecule has 0 fully saturated rings. The Bertz CT molecular complexity index is 977. The van der Waals surface area contributed by atoms with Crippen molar-refractivity contribution in [3.05, 3.63) is 79.0 Å². The Morgan fingerprint density at radius 3 is 2.50 bits per heavy atom. The lowest BCUT2D eigenvalue weighted by molar-refractivity contribution is -0.779. The smallest absolute Gasteiger partial charge is 0.253 e. The Morgan fingerprint density at radius 2 is 1.67 bits per heavy atom. The fraction of sp³-hybridized carbons (Fsp3) is 0.100. The number of ether oxygens (including phenoxy) is 1. The van der Waals surface area contributed by atoms with Crippen LogP contribution in [0.2, 0.25) is 0 Å². The van der Waals surface area contributed by atoms with E-state index < -0.39 is 0 Å². The van der Waals surface area contributed by atoms with Crippen LogP contribution in [0.25, 0.3) is 22.0 Å². The van der Waals surface area contributed by atoms with Gasteiger partial charge in [-0.3, -0.25) is 0 Å². The number of hydrogen-bond donors (Lipinski definition) is 0. The van der Waals surface area contributed by atoms with Crippen molar-refractivity contribution in [1.82, 2.24) is 9.90 Å². The van der Waals surface area contributed by atoms with E-state index in [0.29, 0.717) is 6.73 Å². The van der Waals surface area contributed by atoms with Gasteiger partial charge in [0, 0.05) is 5.56 Å². The minimum absolute atomic E-state index is 0.374. The summed E-state index contributed by atoms with van der Waals surface area (Å²) in [5.41, 5.74) is 2.19. The van der Waals surface area contributed by atoms with E-state index in [0.717, 1.165) is 17.0 Å². The van der Waals surface area contributed by atoms with Crippen molar-refractivity contribution < 1.29 is 9.42 Å². The minimum Gasteiger partial charge on any atom is -0.452 e. The molecule has 0 aliphatic rings. The molecule has 4 rings (SSSR count). The van der Waals surface area contributed by atoms with E-state index in [1.165, 1.54) is 10.8 Å². The molecule has 0 saturated heterocycles. The van der Waals surface area contributed by atoms with Crippen LogP contribution in [0, 0.1) is 0 Å². The number of aryl methyl sites for hydroxylation is 1. The van der Waals surface area contributed by atoms with Crippen LogP contribution in [0.4, 0.5) is 0 Å². The van der Waals surface area contributed by atoms with Gasteiger partial charge in [0.15, 0.2) is 11.9 Å². The largest absolute Gasteiger partial charge is 0.452 e. The van der Waals surface area contributed by atoms with Crippen molar-refractivity contribution in [1.29, 1.82) is 0 Å². The highest BCUT2D eigenvalue weighted by Crippen LogP contribution is 2.20. The van der Waals surface area contributed by atoms with Gasteiger partial charge in [-0.2, -0.15) is 0 Å². The zero-order valence-electron chi connectivity index (χ0n) is 13.5. The Kier molecular flexibility index (Phi) is 3.71. The third-order valence-electron chi connectivity index (χ3n) is 4.02. The van der Waals surface area contributed by atoms with Crippen LogP contribution in [0.1, 0.15) is 0 Å². The molecule has 118 valence electrons. The molecule has 4 aromatic rings. The van der Waals surface area contributed by atoms with Gasteiger partial charge in [0.05, 0.1) is 5.21 Å². The van der Waals surface area contributed by atoms with Gasteiger partial charge in [0.2, 0.25) is 0 Å². The number of nitrogens with zero attached hydrogens (tertiary/aromatic N) is 3. The third kappa shape index (κ3) is 2.86. The average Bonchev–Trinajstić information content (AvgIpc) is 3.01. The average molecular weight is 316 g/mol. The minimum atomic E-state index is 0.374. The second kappa shape index (κ2) is 6.16. The SMILES string of the molecule is Cn1n[n+](COc2ccc3ccccc3c2)cc1-c1ccccc1. The number of hydrogen-bond acceptors (Lipinski definition) is 2. The van der Waals surface area contributed by atoms with Gasteiger partial charge < -0.3 is 4.74 Å². The van der Waals surface area contributed by atoms with E-state index in [1.54, 1.807) is 4.68 Å². The van der Waals surface area contributed by atoms with Gasteiger partial charge in [0.1, 0.15) is 12.8 Å². The Balaban J connectivity index is 1.53. The van der Waals surface area contributed by atoms with Gasteiger partial charge in [0.25, 0.3) is 6.73 Å².